The SMILES string of the molecule is Cc1ccc(-c2c(C)c3c(c(C)c2[C@H](OC(C)(C)C)C(=O)O)NC(=O)c2cc(Cl)cnc2O3)cc1. The summed E-state index contributed by atoms with van der Waals surface area (Å²) in [6.07, 6.45) is 0.124. The summed E-state index contributed by atoms with van der Waals surface area (Å²) in [7, 11) is 0. The van der Waals surface area contributed by atoms with Crippen molar-refractivity contribution in [1.82, 2.24) is 4.98 Å². The van der Waals surface area contributed by atoms with E-state index < -0.39 is 23.6 Å². The van der Waals surface area contributed by atoms with Crippen molar-refractivity contribution in [3.63, 3.8) is 0 Å². The summed E-state index contributed by atoms with van der Waals surface area (Å²) in [5.74, 6) is -1.07. The van der Waals surface area contributed by atoms with Crippen LogP contribution in [0.4, 0.5) is 5.69 Å². The second kappa shape index (κ2) is 8.98. The van der Waals surface area contributed by atoms with Crippen molar-refractivity contribution >= 4 is 29.2 Å². The van der Waals surface area contributed by atoms with Gasteiger partial charge < -0.3 is 19.9 Å². The Kier molecular flexibility index (Phi) is 6.34. The van der Waals surface area contributed by atoms with Crippen molar-refractivity contribution in [3.05, 3.63) is 69.4 Å². The molecule has 0 radical (unpaired) electrons. The minimum absolute atomic E-state index is 0.122. The average molecular weight is 495 g/mol. The van der Waals surface area contributed by atoms with Crippen molar-refractivity contribution in [2.75, 3.05) is 5.32 Å². The fourth-order valence-electron chi connectivity index (χ4n) is 4.23. The van der Waals surface area contributed by atoms with E-state index in [4.69, 9.17) is 21.1 Å². The van der Waals surface area contributed by atoms with Crippen molar-refractivity contribution in [2.45, 2.75) is 53.2 Å². The molecule has 1 aromatic heterocycles. The number of aromatic nitrogens is 1. The van der Waals surface area contributed by atoms with Gasteiger partial charge in [-0.3, -0.25) is 4.79 Å². The Bertz CT molecular complexity index is 1340. The zero-order valence-corrected chi connectivity index (χ0v) is 21.2. The fraction of sp³-hybridized carbons (Fsp3) is 0.296. The molecule has 8 heteroatoms. The number of carboxylic acid groups (broad SMARTS) is 1. The first kappa shape index (κ1) is 24.7. The van der Waals surface area contributed by atoms with E-state index >= 15 is 0 Å². The lowest BCUT2D eigenvalue weighted by Crippen LogP contribution is -2.28. The molecular weight excluding hydrogens is 468 g/mol. The number of pyridine rings is 1. The number of nitrogens with zero attached hydrogens (tertiary/aromatic N) is 1. The smallest absolute Gasteiger partial charge is 0.337 e. The molecule has 1 aliphatic heterocycles. The summed E-state index contributed by atoms with van der Waals surface area (Å²) < 4.78 is 12.2. The third-order valence-electron chi connectivity index (χ3n) is 5.79. The maximum Gasteiger partial charge on any atom is 0.337 e. The number of rotatable bonds is 4. The zero-order chi connectivity index (χ0) is 25.7. The predicted molar refractivity (Wildman–Crippen MR) is 135 cm³/mol. The van der Waals surface area contributed by atoms with Crippen LogP contribution in [0.1, 0.15) is 59.5 Å². The molecule has 3 aromatic rings. The first-order valence-corrected chi connectivity index (χ1v) is 11.5. The van der Waals surface area contributed by atoms with Gasteiger partial charge in [0.15, 0.2) is 11.9 Å². The van der Waals surface area contributed by atoms with E-state index in [1.165, 1.54) is 12.3 Å². The van der Waals surface area contributed by atoms with Crippen LogP contribution in [0.15, 0.2) is 36.5 Å². The molecule has 0 aliphatic carbocycles. The number of carbonyl (C=O) groups excluding carboxylic acids is 1. The monoisotopic (exact) mass is 494 g/mol. The molecule has 1 aliphatic rings. The first-order chi connectivity index (χ1) is 16.4. The van der Waals surface area contributed by atoms with Gasteiger partial charge in [0, 0.05) is 17.3 Å². The van der Waals surface area contributed by atoms with Crippen LogP contribution >= 0.6 is 11.6 Å². The molecule has 1 amide bonds. The molecule has 0 bridgehead atoms. The Morgan fingerprint density at radius 2 is 1.80 bits per heavy atom. The number of fused-ring (bicyclic) bond motifs is 2. The Hall–Kier alpha value is -3.42. The van der Waals surface area contributed by atoms with Crippen molar-refractivity contribution in [1.29, 1.82) is 0 Å². The van der Waals surface area contributed by atoms with Crippen molar-refractivity contribution in [2.24, 2.45) is 0 Å². The van der Waals surface area contributed by atoms with Crippen molar-refractivity contribution < 1.29 is 24.2 Å². The van der Waals surface area contributed by atoms with E-state index in [9.17, 15) is 14.7 Å². The first-order valence-electron chi connectivity index (χ1n) is 11.2. The summed E-state index contributed by atoms with van der Waals surface area (Å²) in [5, 5.41) is 13.4. The molecule has 35 heavy (non-hydrogen) atoms. The summed E-state index contributed by atoms with van der Waals surface area (Å²) >= 11 is 6.07. The number of aryl methyl sites for hydroxylation is 1. The standard InChI is InChI=1S/C27H27ClN2O5/c1-13-7-9-16(10-8-13)19-15(3)22-21(14(2)20(19)23(26(32)33)35-27(4,5)6)30-24(31)18-11-17(28)12-29-25(18)34-22/h7-12,23H,1-6H3,(H,30,31)(H,32,33)/t23-/m0/s1. The molecule has 4 rings (SSSR count). The topological polar surface area (TPSA) is 97.8 Å². The molecule has 2 heterocycles. The number of nitrogens with one attached hydrogen (secondary N) is 1. The third-order valence-corrected chi connectivity index (χ3v) is 6.00. The van der Waals surface area contributed by atoms with Crippen LogP contribution in [0.3, 0.4) is 0 Å². The highest BCUT2D eigenvalue weighted by Crippen LogP contribution is 2.49. The number of anilines is 1. The predicted octanol–water partition coefficient (Wildman–Crippen LogP) is 6.63. The van der Waals surface area contributed by atoms with E-state index in [2.05, 4.69) is 10.3 Å². The van der Waals surface area contributed by atoms with Gasteiger partial charge in [0.25, 0.3) is 5.91 Å². The molecule has 1 atom stereocenters. The summed E-state index contributed by atoms with van der Waals surface area (Å²) in [4.78, 5) is 29.8. The Morgan fingerprint density at radius 1 is 1.14 bits per heavy atom. The van der Waals surface area contributed by atoms with Gasteiger partial charge in [-0.25, -0.2) is 9.78 Å². The highest BCUT2D eigenvalue weighted by molar-refractivity contribution is 6.31. The quantitative estimate of drug-likeness (QED) is 0.422. The van der Waals surface area contributed by atoms with Crippen molar-refractivity contribution in [3.8, 4) is 22.8 Å². The van der Waals surface area contributed by atoms with E-state index in [-0.39, 0.29) is 11.4 Å². The number of amides is 1. The molecular formula is C27H27ClN2O5. The van der Waals surface area contributed by atoms with Gasteiger partial charge in [-0.05, 0) is 64.3 Å². The molecule has 0 saturated carbocycles. The molecule has 2 aromatic carbocycles. The molecule has 182 valence electrons. The van der Waals surface area contributed by atoms with Gasteiger partial charge in [0.05, 0.1) is 16.3 Å². The van der Waals surface area contributed by atoms with Gasteiger partial charge >= 0.3 is 5.97 Å². The van der Waals surface area contributed by atoms with Crippen LogP contribution < -0.4 is 10.1 Å². The van der Waals surface area contributed by atoms with Crippen LogP contribution in [0, 0.1) is 20.8 Å². The zero-order valence-electron chi connectivity index (χ0n) is 20.4. The van der Waals surface area contributed by atoms with Crippen LogP contribution in [0.2, 0.25) is 5.02 Å². The Balaban J connectivity index is 2.06. The maximum atomic E-state index is 13.1. The number of aliphatic carboxylic acids is 1. The third kappa shape index (κ3) is 4.74. The van der Waals surface area contributed by atoms with Crippen LogP contribution in [0.25, 0.3) is 11.1 Å². The number of halogens is 1. The van der Waals surface area contributed by atoms with Gasteiger partial charge in [0.2, 0.25) is 5.88 Å². The van der Waals surface area contributed by atoms with Crippen LogP contribution in [0.5, 0.6) is 11.6 Å². The average Bonchev–Trinajstić information content (AvgIpc) is 2.91. The number of carbonyl (C=O) groups is 2. The number of hydrogen-bond acceptors (Lipinski definition) is 5. The van der Waals surface area contributed by atoms with E-state index in [1.807, 2.05) is 38.1 Å². The number of hydrogen-bond donors (Lipinski definition) is 2. The minimum Gasteiger partial charge on any atom is -0.479 e. The molecule has 0 unspecified atom stereocenters. The molecule has 0 saturated heterocycles. The lowest BCUT2D eigenvalue weighted by Gasteiger charge is -2.30. The molecule has 0 fully saturated rings. The molecule has 7 nitrogen and oxygen atoms in total. The second-order valence-corrected chi connectivity index (χ2v) is 10.1. The van der Waals surface area contributed by atoms with Gasteiger partial charge in [-0.2, -0.15) is 0 Å². The fourth-order valence-corrected chi connectivity index (χ4v) is 4.39. The number of benzene rings is 2. The molecule has 0 spiro atoms. The summed E-state index contributed by atoms with van der Waals surface area (Å²) in [6.45, 7) is 11.0. The number of ether oxygens (including phenoxy) is 2. The highest BCUT2D eigenvalue weighted by atomic mass is 35.5. The van der Waals surface area contributed by atoms with E-state index in [0.29, 0.717) is 38.7 Å². The normalized spacial score (nSPS) is 13.7. The number of carboxylic acids is 1. The van der Waals surface area contributed by atoms with Gasteiger partial charge in [0.1, 0.15) is 5.56 Å². The minimum atomic E-state index is -1.29. The Morgan fingerprint density at radius 3 is 2.40 bits per heavy atom. The maximum absolute atomic E-state index is 13.1. The van der Waals surface area contributed by atoms with Crippen LogP contribution in [-0.4, -0.2) is 27.6 Å². The largest absolute Gasteiger partial charge is 0.479 e. The lowest BCUT2D eigenvalue weighted by atomic mass is 9.86. The Labute approximate surface area is 209 Å². The van der Waals surface area contributed by atoms with E-state index in [0.717, 1.165) is 11.1 Å². The molecule has 2 N–H and O–H groups in total. The van der Waals surface area contributed by atoms with Crippen LogP contribution in [-0.2, 0) is 9.53 Å². The van der Waals surface area contributed by atoms with Gasteiger partial charge in [-0.1, -0.05) is 41.4 Å². The van der Waals surface area contributed by atoms with Gasteiger partial charge in [-0.15, -0.1) is 0 Å². The lowest BCUT2D eigenvalue weighted by molar-refractivity contribution is -0.160. The highest BCUT2D eigenvalue weighted by Gasteiger charge is 2.36. The summed E-state index contributed by atoms with van der Waals surface area (Å²) in [6, 6.07) is 9.28. The van der Waals surface area contributed by atoms with E-state index in [1.54, 1.807) is 27.7 Å². The summed E-state index contributed by atoms with van der Waals surface area (Å²) in [5.41, 5.74) is 4.00. The second-order valence-electron chi connectivity index (χ2n) is 9.62.